The van der Waals surface area contributed by atoms with Crippen LogP contribution in [0.25, 0.3) is 0 Å². The van der Waals surface area contributed by atoms with Crippen molar-refractivity contribution in [1.29, 1.82) is 0 Å². The Bertz CT molecular complexity index is 225. The number of hydrogen-bond donors (Lipinski definition) is 1. The van der Waals surface area contributed by atoms with Crippen molar-refractivity contribution in [1.82, 2.24) is 10.2 Å². The van der Waals surface area contributed by atoms with Gasteiger partial charge in [0.1, 0.15) is 0 Å². The molecule has 2 heteroatoms. The van der Waals surface area contributed by atoms with E-state index in [9.17, 15) is 0 Å². The Labute approximate surface area is 107 Å². The van der Waals surface area contributed by atoms with Crippen molar-refractivity contribution in [2.24, 2.45) is 11.8 Å². The van der Waals surface area contributed by atoms with Gasteiger partial charge in [0.25, 0.3) is 0 Å². The molecule has 0 radical (unpaired) electrons. The van der Waals surface area contributed by atoms with E-state index >= 15 is 0 Å². The van der Waals surface area contributed by atoms with Gasteiger partial charge in [-0.2, -0.15) is 0 Å². The predicted octanol–water partition coefficient (Wildman–Crippen LogP) is 2.88. The Balaban J connectivity index is 1.90. The average molecular weight is 238 g/mol. The molecule has 0 amide bonds. The Morgan fingerprint density at radius 3 is 2.18 bits per heavy atom. The highest BCUT2D eigenvalue weighted by atomic mass is 15.2. The molecule has 2 aliphatic heterocycles. The summed E-state index contributed by atoms with van der Waals surface area (Å²) in [6, 6.07) is 2.54. The van der Waals surface area contributed by atoms with Crippen molar-refractivity contribution in [2.75, 3.05) is 13.1 Å². The fourth-order valence-corrected chi connectivity index (χ4v) is 3.57. The average Bonchev–Trinajstić information content (AvgIpc) is 2.52. The van der Waals surface area contributed by atoms with Gasteiger partial charge in [-0.3, -0.25) is 4.90 Å². The quantitative estimate of drug-likeness (QED) is 0.792. The molecule has 0 aliphatic carbocycles. The first-order valence-electron chi connectivity index (χ1n) is 7.61. The number of rotatable bonds is 5. The number of hydrogen-bond acceptors (Lipinski definition) is 2. The lowest BCUT2D eigenvalue weighted by Gasteiger charge is -2.41. The minimum atomic E-state index is 0.795. The number of nitrogens with one attached hydrogen (secondary N) is 1. The zero-order chi connectivity index (χ0) is 12.4. The monoisotopic (exact) mass is 238 g/mol. The van der Waals surface area contributed by atoms with Crippen LogP contribution >= 0.6 is 0 Å². The van der Waals surface area contributed by atoms with E-state index < -0.39 is 0 Å². The summed E-state index contributed by atoms with van der Waals surface area (Å²) < 4.78 is 0. The molecule has 0 aromatic rings. The molecule has 3 unspecified atom stereocenters. The van der Waals surface area contributed by atoms with Crippen LogP contribution in [0, 0.1) is 11.8 Å². The summed E-state index contributed by atoms with van der Waals surface area (Å²) in [7, 11) is 0. The summed E-state index contributed by atoms with van der Waals surface area (Å²) in [4.78, 5) is 2.83. The number of fused-ring (bicyclic) bond motifs is 2. The van der Waals surface area contributed by atoms with Gasteiger partial charge in [0.15, 0.2) is 0 Å². The second-order valence-corrected chi connectivity index (χ2v) is 6.53. The van der Waals surface area contributed by atoms with Crippen molar-refractivity contribution in [3.8, 4) is 0 Å². The molecule has 0 aromatic carbocycles. The Morgan fingerprint density at radius 2 is 1.71 bits per heavy atom. The van der Waals surface area contributed by atoms with E-state index in [2.05, 4.69) is 37.9 Å². The van der Waals surface area contributed by atoms with Gasteiger partial charge >= 0.3 is 0 Å². The molecule has 1 N–H and O–H groups in total. The van der Waals surface area contributed by atoms with E-state index in [0.29, 0.717) is 0 Å². The van der Waals surface area contributed by atoms with Crippen molar-refractivity contribution >= 4 is 0 Å². The molecule has 0 spiro atoms. The van der Waals surface area contributed by atoms with Crippen molar-refractivity contribution in [3.63, 3.8) is 0 Å². The molecule has 2 bridgehead atoms. The van der Waals surface area contributed by atoms with E-state index in [0.717, 1.165) is 36.5 Å². The van der Waals surface area contributed by atoms with Crippen LogP contribution in [0.5, 0.6) is 0 Å². The zero-order valence-corrected chi connectivity index (χ0v) is 12.1. The van der Waals surface area contributed by atoms with Crippen LogP contribution < -0.4 is 5.32 Å². The first kappa shape index (κ1) is 13.4. The van der Waals surface area contributed by atoms with Crippen molar-refractivity contribution < 1.29 is 0 Å². The fourth-order valence-electron chi connectivity index (χ4n) is 3.57. The van der Waals surface area contributed by atoms with Crippen LogP contribution in [0.4, 0.5) is 0 Å². The van der Waals surface area contributed by atoms with E-state index in [-0.39, 0.29) is 0 Å². The topological polar surface area (TPSA) is 15.3 Å². The van der Waals surface area contributed by atoms with E-state index in [1.165, 1.54) is 32.2 Å². The van der Waals surface area contributed by atoms with Gasteiger partial charge in [0, 0.05) is 24.7 Å². The smallest absolute Gasteiger partial charge is 0.0114 e. The van der Waals surface area contributed by atoms with Gasteiger partial charge in [-0.15, -0.1) is 0 Å². The highest BCUT2D eigenvalue weighted by Gasteiger charge is 2.40. The van der Waals surface area contributed by atoms with Gasteiger partial charge in [-0.25, -0.2) is 0 Å². The molecule has 2 fully saturated rings. The summed E-state index contributed by atoms with van der Waals surface area (Å²) in [5, 5.41) is 3.66. The minimum Gasteiger partial charge on any atom is -0.314 e. The Kier molecular flexibility index (Phi) is 4.48. The highest BCUT2D eigenvalue weighted by Crippen LogP contribution is 2.36. The van der Waals surface area contributed by atoms with Crippen LogP contribution in [-0.2, 0) is 0 Å². The number of piperidine rings is 1. The van der Waals surface area contributed by atoms with Crippen molar-refractivity contribution in [3.05, 3.63) is 0 Å². The van der Waals surface area contributed by atoms with Crippen LogP contribution in [0.2, 0.25) is 0 Å². The van der Waals surface area contributed by atoms with Gasteiger partial charge in [0.05, 0.1) is 0 Å². The third kappa shape index (κ3) is 3.03. The summed E-state index contributed by atoms with van der Waals surface area (Å²) >= 11 is 0. The van der Waals surface area contributed by atoms with Crippen LogP contribution in [-0.4, -0.2) is 36.1 Å². The maximum absolute atomic E-state index is 3.66. The molecule has 3 atom stereocenters. The van der Waals surface area contributed by atoms with Crippen LogP contribution in [0.3, 0.4) is 0 Å². The van der Waals surface area contributed by atoms with Gasteiger partial charge in [0.2, 0.25) is 0 Å². The molecule has 17 heavy (non-hydrogen) atoms. The van der Waals surface area contributed by atoms with E-state index in [1.807, 2.05) is 0 Å². The third-order valence-electron chi connectivity index (χ3n) is 5.01. The maximum atomic E-state index is 3.66. The van der Waals surface area contributed by atoms with Gasteiger partial charge < -0.3 is 5.32 Å². The van der Waals surface area contributed by atoms with Gasteiger partial charge in [-0.05, 0) is 44.1 Å². The molecule has 100 valence electrons. The molecule has 2 nitrogen and oxygen atoms in total. The SMILES string of the molecule is CCNC1CC2CCC(C1)N2CC(C)C(C)C. The Hall–Kier alpha value is -0.0800. The van der Waals surface area contributed by atoms with E-state index in [1.54, 1.807) is 0 Å². The lowest BCUT2D eigenvalue weighted by molar-refractivity contribution is 0.0919. The molecular formula is C15H30N2. The maximum Gasteiger partial charge on any atom is 0.0114 e. The van der Waals surface area contributed by atoms with Crippen molar-refractivity contribution in [2.45, 2.75) is 71.5 Å². The van der Waals surface area contributed by atoms with Crippen LogP contribution in [0.15, 0.2) is 0 Å². The fraction of sp³-hybridized carbons (Fsp3) is 1.00. The summed E-state index contributed by atoms with van der Waals surface area (Å²) in [5.41, 5.74) is 0. The van der Waals surface area contributed by atoms with E-state index in [4.69, 9.17) is 0 Å². The lowest BCUT2D eigenvalue weighted by Crippen LogP contribution is -2.50. The molecule has 2 heterocycles. The Morgan fingerprint density at radius 1 is 1.12 bits per heavy atom. The molecule has 0 aromatic heterocycles. The zero-order valence-electron chi connectivity index (χ0n) is 12.1. The summed E-state index contributed by atoms with van der Waals surface area (Å²) in [6.45, 7) is 11.8. The molecule has 2 saturated heterocycles. The normalized spacial score (nSPS) is 35.5. The third-order valence-corrected chi connectivity index (χ3v) is 5.01. The molecule has 0 saturated carbocycles. The standard InChI is InChI=1S/C15H30N2/c1-5-16-13-8-14-6-7-15(9-13)17(14)10-12(4)11(2)3/h11-16H,5-10H2,1-4H3. The molecular weight excluding hydrogens is 208 g/mol. The number of nitrogens with zero attached hydrogens (tertiary/aromatic N) is 1. The molecule has 2 aliphatic rings. The summed E-state index contributed by atoms with van der Waals surface area (Å²) in [5.74, 6) is 1.66. The summed E-state index contributed by atoms with van der Waals surface area (Å²) in [6.07, 6.45) is 5.65. The second kappa shape index (κ2) is 5.71. The second-order valence-electron chi connectivity index (χ2n) is 6.53. The largest absolute Gasteiger partial charge is 0.314 e. The molecule has 2 rings (SSSR count). The van der Waals surface area contributed by atoms with Crippen LogP contribution in [0.1, 0.15) is 53.4 Å². The lowest BCUT2D eigenvalue weighted by atomic mass is 9.92. The predicted molar refractivity (Wildman–Crippen MR) is 74.2 cm³/mol. The highest BCUT2D eigenvalue weighted by molar-refractivity contribution is 4.97. The minimum absolute atomic E-state index is 0.795. The first-order chi connectivity index (χ1) is 8.11. The first-order valence-corrected chi connectivity index (χ1v) is 7.61. The van der Waals surface area contributed by atoms with Gasteiger partial charge in [-0.1, -0.05) is 27.7 Å².